The van der Waals surface area contributed by atoms with Crippen LogP contribution in [0.1, 0.15) is 40.5 Å². The van der Waals surface area contributed by atoms with E-state index < -0.39 is 0 Å². The van der Waals surface area contributed by atoms with Crippen molar-refractivity contribution >= 4 is 17.6 Å². The third-order valence-electron chi connectivity index (χ3n) is 3.40. The summed E-state index contributed by atoms with van der Waals surface area (Å²) in [5.41, 5.74) is 5.81. The lowest BCUT2D eigenvalue weighted by molar-refractivity contribution is 0.467. The molecule has 1 rings (SSSR count). The molecule has 1 aromatic heterocycles. The molecule has 18 heavy (non-hydrogen) atoms. The Morgan fingerprint density at radius 1 is 1.33 bits per heavy atom. The predicted molar refractivity (Wildman–Crippen MR) is 78.0 cm³/mol. The minimum absolute atomic E-state index is 0.0445. The van der Waals surface area contributed by atoms with Gasteiger partial charge in [0.2, 0.25) is 5.95 Å². The third kappa shape index (κ3) is 3.48. The van der Waals surface area contributed by atoms with E-state index in [0.29, 0.717) is 5.95 Å². The fraction of sp³-hybridized carbons (Fsp3) is 0.692. The van der Waals surface area contributed by atoms with Crippen molar-refractivity contribution in [2.45, 2.75) is 46.1 Å². The van der Waals surface area contributed by atoms with Gasteiger partial charge in [0.25, 0.3) is 0 Å². The van der Waals surface area contributed by atoms with E-state index >= 15 is 0 Å². The lowest BCUT2D eigenvalue weighted by Crippen LogP contribution is -2.41. The Morgan fingerprint density at radius 2 is 2.00 bits per heavy atom. The SMILES string of the molecule is CCCNc1cc(N(C)C(C)(C)CC)nc(N)n1. The minimum Gasteiger partial charge on any atom is -0.370 e. The first kappa shape index (κ1) is 14.5. The maximum Gasteiger partial charge on any atom is 0.223 e. The molecule has 5 nitrogen and oxygen atoms in total. The summed E-state index contributed by atoms with van der Waals surface area (Å²) in [6.45, 7) is 9.54. The Bertz CT molecular complexity index is 389. The van der Waals surface area contributed by atoms with Crippen molar-refractivity contribution in [2.24, 2.45) is 0 Å². The molecule has 1 heterocycles. The molecule has 0 unspecified atom stereocenters. The summed E-state index contributed by atoms with van der Waals surface area (Å²) in [4.78, 5) is 10.6. The zero-order valence-electron chi connectivity index (χ0n) is 12.1. The molecular formula is C13H25N5. The highest BCUT2D eigenvalue weighted by Gasteiger charge is 2.23. The number of nitrogens with zero attached hydrogens (tertiary/aromatic N) is 3. The van der Waals surface area contributed by atoms with E-state index in [0.717, 1.165) is 31.0 Å². The van der Waals surface area contributed by atoms with E-state index in [1.807, 2.05) is 13.1 Å². The van der Waals surface area contributed by atoms with Gasteiger partial charge in [0, 0.05) is 25.2 Å². The third-order valence-corrected chi connectivity index (χ3v) is 3.40. The molecule has 0 fully saturated rings. The quantitative estimate of drug-likeness (QED) is 0.813. The smallest absolute Gasteiger partial charge is 0.223 e. The van der Waals surface area contributed by atoms with Crippen LogP contribution in [0.3, 0.4) is 0 Å². The first-order valence-electron chi connectivity index (χ1n) is 6.53. The van der Waals surface area contributed by atoms with Gasteiger partial charge in [-0.05, 0) is 26.7 Å². The van der Waals surface area contributed by atoms with Crippen LogP contribution in [0, 0.1) is 0 Å². The standard InChI is InChI=1S/C13H25N5/c1-6-8-15-10-9-11(17-12(14)16-10)18(5)13(3,4)7-2/h9H,6-8H2,1-5H3,(H3,14,15,16,17). The molecule has 5 heteroatoms. The fourth-order valence-corrected chi connectivity index (χ4v) is 1.52. The maximum atomic E-state index is 5.76. The average molecular weight is 251 g/mol. The molecule has 0 bridgehead atoms. The van der Waals surface area contributed by atoms with Gasteiger partial charge in [0.15, 0.2) is 0 Å². The van der Waals surface area contributed by atoms with Gasteiger partial charge < -0.3 is 16.0 Å². The zero-order chi connectivity index (χ0) is 13.8. The number of anilines is 3. The molecule has 0 amide bonds. The summed E-state index contributed by atoms with van der Waals surface area (Å²) in [5.74, 6) is 1.95. The molecule has 0 aromatic carbocycles. The second kappa shape index (κ2) is 5.89. The van der Waals surface area contributed by atoms with Crippen molar-refractivity contribution in [3.8, 4) is 0 Å². The largest absolute Gasteiger partial charge is 0.370 e. The molecule has 1 aromatic rings. The summed E-state index contributed by atoms with van der Waals surface area (Å²) < 4.78 is 0. The van der Waals surface area contributed by atoms with Crippen LogP contribution in [0.25, 0.3) is 0 Å². The van der Waals surface area contributed by atoms with Crippen LogP contribution >= 0.6 is 0 Å². The van der Waals surface area contributed by atoms with Gasteiger partial charge in [-0.2, -0.15) is 9.97 Å². The molecule has 0 aliphatic heterocycles. The van der Waals surface area contributed by atoms with Crippen LogP contribution < -0.4 is 16.0 Å². The van der Waals surface area contributed by atoms with Crippen molar-refractivity contribution in [1.29, 1.82) is 0 Å². The second-order valence-corrected chi connectivity index (χ2v) is 5.12. The Hall–Kier alpha value is -1.52. The number of aromatic nitrogens is 2. The molecule has 0 radical (unpaired) electrons. The monoisotopic (exact) mass is 251 g/mol. The zero-order valence-corrected chi connectivity index (χ0v) is 12.1. The summed E-state index contributed by atoms with van der Waals surface area (Å²) >= 11 is 0. The number of rotatable bonds is 6. The summed E-state index contributed by atoms with van der Waals surface area (Å²) in [7, 11) is 2.04. The molecule has 3 N–H and O–H groups in total. The Kier molecular flexibility index (Phi) is 4.76. The van der Waals surface area contributed by atoms with Gasteiger partial charge in [0.1, 0.15) is 11.6 Å². The average Bonchev–Trinajstić information content (AvgIpc) is 2.34. The lowest BCUT2D eigenvalue weighted by atomic mass is 10.0. The Morgan fingerprint density at radius 3 is 2.56 bits per heavy atom. The van der Waals surface area contributed by atoms with Crippen LogP contribution in [0.5, 0.6) is 0 Å². The Balaban J connectivity index is 2.98. The number of nitrogens with one attached hydrogen (secondary N) is 1. The van der Waals surface area contributed by atoms with E-state index in [4.69, 9.17) is 5.73 Å². The van der Waals surface area contributed by atoms with E-state index in [1.165, 1.54) is 0 Å². The topological polar surface area (TPSA) is 67.1 Å². The van der Waals surface area contributed by atoms with Crippen LogP contribution in [0.15, 0.2) is 6.07 Å². The van der Waals surface area contributed by atoms with Crippen molar-refractivity contribution in [2.75, 3.05) is 29.5 Å². The predicted octanol–water partition coefficient (Wildman–Crippen LogP) is 2.51. The molecule has 0 atom stereocenters. The molecule has 0 aliphatic rings. The second-order valence-electron chi connectivity index (χ2n) is 5.12. The van der Waals surface area contributed by atoms with Crippen molar-refractivity contribution in [3.63, 3.8) is 0 Å². The molecule has 0 spiro atoms. The lowest BCUT2D eigenvalue weighted by Gasteiger charge is -2.35. The first-order valence-corrected chi connectivity index (χ1v) is 6.53. The summed E-state index contributed by atoms with van der Waals surface area (Å²) in [5, 5.41) is 3.24. The van der Waals surface area contributed by atoms with E-state index in [9.17, 15) is 0 Å². The van der Waals surface area contributed by atoms with Gasteiger partial charge in [-0.3, -0.25) is 0 Å². The van der Waals surface area contributed by atoms with Gasteiger partial charge in [-0.1, -0.05) is 13.8 Å². The highest BCUT2D eigenvalue weighted by Crippen LogP contribution is 2.25. The number of hydrogen-bond acceptors (Lipinski definition) is 5. The fourth-order valence-electron chi connectivity index (χ4n) is 1.52. The molecule has 0 aliphatic carbocycles. The highest BCUT2D eigenvalue weighted by atomic mass is 15.2. The van der Waals surface area contributed by atoms with E-state index in [2.05, 4.69) is 47.9 Å². The minimum atomic E-state index is 0.0445. The van der Waals surface area contributed by atoms with Gasteiger partial charge in [-0.15, -0.1) is 0 Å². The first-order chi connectivity index (χ1) is 8.40. The van der Waals surface area contributed by atoms with Crippen LogP contribution in [-0.4, -0.2) is 29.1 Å². The van der Waals surface area contributed by atoms with Crippen molar-refractivity contribution < 1.29 is 0 Å². The maximum absolute atomic E-state index is 5.76. The number of hydrogen-bond donors (Lipinski definition) is 2. The van der Waals surface area contributed by atoms with Crippen LogP contribution in [0.4, 0.5) is 17.6 Å². The molecule has 0 saturated heterocycles. The summed E-state index contributed by atoms with van der Waals surface area (Å²) in [6, 6.07) is 1.95. The van der Waals surface area contributed by atoms with Crippen LogP contribution in [0.2, 0.25) is 0 Å². The molecule has 102 valence electrons. The Labute approximate surface area is 110 Å². The number of nitrogen functional groups attached to an aromatic ring is 1. The molecular weight excluding hydrogens is 226 g/mol. The molecule has 0 saturated carbocycles. The van der Waals surface area contributed by atoms with E-state index in [1.54, 1.807) is 0 Å². The van der Waals surface area contributed by atoms with Gasteiger partial charge in [0.05, 0.1) is 0 Å². The summed E-state index contributed by atoms with van der Waals surface area (Å²) in [6.07, 6.45) is 2.08. The number of nitrogens with two attached hydrogens (primary N) is 1. The van der Waals surface area contributed by atoms with Crippen molar-refractivity contribution in [3.05, 3.63) is 6.07 Å². The van der Waals surface area contributed by atoms with Gasteiger partial charge in [-0.25, -0.2) is 0 Å². The normalized spacial score (nSPS) is 11.4. The van der Waals surface area contributed by atoms with Gasteiger partial charge >= 0.3 is 0 Å². The van der Waals surface area contributed by atoms with Crippen LogP contribution in [-0.2, 0) is 0 Å². The van der Waals surface area contributed by atoms with Crippen molar-refractivity contribution in [1.82, 2.24) is 9.97 Å². The highest BCUT2D eigenvalue weighted by molar-refractivity contribution is 5.53. The van der Waals surface area contributed by atoms with E-state index in [-0.39, 0.29) is 5.54 Å².